The fourth-order valence-electron chi connectivity index (χ4n) is 3.87. The summed E-state index contributed by atoms with van der Waals surface area (Å²) in [6.07, 6.45) is 4.62. The topological polar surface area (TPSA) is 52.8 Å². The van der Waals surface area contributed by atoms with E-state index in [0.29, 0.717) is 0 Å². The molecule has 0 amide bonds. The zero-order valence-corrected chi connectivity index (χ0v) is 16.3. The molecule has 5 rings (SSSR count). The summed E-state index contributed by atoms with van der Waals surface area (Å²) in [5.41, 5.74) is 6.02. The Labute approximate surface area is 165 Å². The molecule has 4 heterocycles. The lowest BCUT2D eigenvalue weighted by Crippen LogP contribution is -1.99. The van der Waals surface area contributed by atoms with Crippen molar-refractivity contribution in [2.24, 2.45) is 0 Å². The van der Waals surface area contributed by atoms with E-state index in [1.54, 1.807) is 13.3 Å². The number of benzene rings is 1. The maximum absolute atomic E-state index is 5.78. The van der Waals surface area contributed by atoms with Gasteiger partial charge in [0, 0.05) is 41.5 Å². The summed E-state index contributed by atoms with van der Waals surface area (Å²) in [5, 5.41) is 6.00. The quantitative estimate of drug-likeness (QED) is 0.467. The lowest BCUT2D eigenvalue weighted by molar-refractivity contribution is 0.105. The van der Waals surface area contributed by atoms with Gasteiger partial charge in [-0.3, -0.25) is 14.6 Å². The van der Waals surface area contributed by atoms with Crippen LogP contribution in [0, 0.1) is 0 Å². The number of halogens is 1. The molecule has 5 nitrogen and oxygen atoms in total. The van der Waals surface area contributed by atoms with Crippen molar-refractivity contribution < 1.29 is 4.74 Å². The van der Waals surface area contributed by atoms with Crippen LogP contribution in [0.25, 0.3) is 33.4 Å². The van der Waals surface area contributed by atoms with Crippen molar-refractivity contribution in [3.63, 3.8) is 0 Å². The van der Waals surface area contributed by atoms with Gasteiger partial charge in [-0.05, 0) is 42.3 Å². The largest absolute Gasteiger partial charge is 0.375 e. The molecule has 0 saturated carbocycles. The van der Waals surface area contributed by atoms with Gasteiger partial charge >= 0.3 is 0 Å². The molecule has 3 aromatic heterocycles. The van der Waals surface area contributed by atoms with Gasteiger partial charge in [-0.2, -0.15) is 5.10 Å². The molecule has 0 radical (unpaired) electrons. The molecule has 0 aliphatic carbocycles. The second-order valence-corrected chi connectivity index (χ2v) is 7.50. The third-order valence-corrected chi connectivity index (χ3v) is 5.56. The Morgan fingerprint density at radius 2 is 2.04 bits per heavy atom. The zero-order valence-electron chi connectivity index (χ0n) is 14.8. The zero-order chi connectivity index (χ0) is 18.4. The average Bonchev–Trinajstić information content (AvgIpc) is 3.27. The number of nitrogens with zero attached hydrogens (tertiary/aromatic N) is 4. The second-order valence-electron chi connectivity index (χ2n) is 6.58. The Morgan fingerprint density at radius 3 is 2.85 bits per heavy atom. The van der Waals surface area contributed by atoms with Crippen LogP contribution in [0.4, 0.5) is 0 Å². The maximum atomic E-state index is 5.78. The number of methoxy groups -OCH3 is 1. The average molecular weight is 421 g/mol. The minimum atomic E-state index is 0.0311. The van der Waals surface area contributed by atoms with Gasteiger partial charge in [-0.1, -0.05) is 28.1 Å². The highest BCUT2D eigenvalue weighted by Gasteiger charge is 2.32. The van der Waals surface area contributed by atoms with Crippen LogP contribution in [-0.4, -0.2) is 26.9 Å². The van der Waals surface area contributed by atoms with E-state index in [4.69, 9.17) is 9.84 Å². The summed E-state index contributed by atoms with van der Waals surface area (Å²) < 4.78 is 8.86. The number of hydrogen-bond donors (Lipinski definition) is 0. The molecule has 0 bridgehead atoms. The molecule has 1 aromatic carbocycles. The lowest BCUT2D eigenvalue weighted by Gasteiger charge is -2.13. The first kappa shape index (κ1) is 16.6. The highest BCUT2D eigenvalue weighted by Crippen LogP contribution is 2.44. The van der Waals surface area contributed by atoms with Crippen LogP contribution in [-0.2, 0) is 11.3 Å². The van der Waals surface area contributed by atoms with Gasteiger partial charge in [0.2, 0.25) is 0 Å². The van der Waals surface area contributed by atoms with E-state index in [1.807, 2.05) is 36.5 Å². The molecule has 0 N–H and O–H groups in total. The first-order valence-electron chi connectivity index (χ1n) is 8.86. The standard InChI is InChI=1S/C21H17BrN4O/c1-27-18-8-11-26-21(18)19(20(25-26)16-4-2-3-9-23-16)15-7-10-24-17-12-13(22)5-6-14(15)17/h2-7,9-10,12,18H,8,11H2,1H3. The first-order chi connectivity index (χ1) is 13.3. The summed E-state index contributed by atoms with van der Waals surface area (Å²) in [7, 11) is 1.76. The van der Waals surface area contributed by atoms with Gasteiger partial charge in [0.05, 0.1) is 16.9 Å². The number of aromatic nitrogens is 4. The van der Waals surface area contributed by atoms with Gasteiger partial charge in [-0.25, -0.2) is 0 Å². The number of pyridine rings is 2. The molecule has 6 heteroatoms. The van der Waals surface area contributed by atoms with Crippen LogP contribution in [0.5, 0.6) is 0 Å². The van der Waals surface area contributed by atoms with E-state index >= 15 is 0 Å². The second kappa shape index (κ2) is 6.55. The molecule has 0 fully saturated rings. The fourth-order valence-corrected chi connectivity index (χ4v) is 4.21. The number of fused-ring (bicyclic) bond motifs is 2. The Hall–Kier alpha value is -2.57. The van der Waals surface area contributed by atoms with Crippen molar-refractivity contribution >= 4 is 26.8 Å². The van der Waals surface area contributed by atoms with E-state index in [1.165, 1.54) is 0 Å². The van der Waals surface area contributed by atoms with Crippen molar-refractivity contribution in [3.05, 3.63) is 65.0 Å². The first-order valence-corrected chi connectivity index (χ1v) is 9.65. The number of hydrogen-bond acceptors (Lipinski definition) is 4. The molecule has 27 heavy (non-hydrogen) atoms. The fraction of sp³-hybridized carbons (Fsp3) is 0.190. The predicted octanol–water partition coefficient (Wildman–Crippen LogP) is 5.01. The van der Waals surface area contributed by atoms with Crippen molar-refractivity contribution in [1.29, 1.82) is 0 Å². The minimum absolute atomic E-state index is 0.0311. The smallest absolute Gasteiger partial charge is 0.119 e. The van der Waals surface area contributed by atoms with Crippen molar-refractivity contribution in [2.75, 3.05) is 7.11 Å². The number of ether oxygens (including phenoxy) is 1. The third kappa shape index (κ3) is 2.67. The molecule has 1 atom stereocenters. The summed E-state index contributed by atoms with van der Waals surface area (Å²) in [6.45, 7) is 0.849. The van der Waals surface area contributed by atoms with Gasteiger partial charge in [-0.15, -0.1) is 0 Å². The van der Waals surface area contributed by atoms with E-state index in [2.05, 4.69) is 42.7 Å². The van der Waals surface area contributed by atoms with Gasteiger partial charge < -0.3 is 4.74 Å². The monoisotopic (exact) mass is 420 g/mol. The molecule has 0 spiro atoms. The molecular weight excluding hydrogens is 404 g/mol. The molecule has 1 aliphatic rings. The SMILES string of the molecule is COC1CCn2nc(-c3ccccn3)c(-c3ccnc4cc(Br)ccc34)c21. The van der Waals surface area contributed by atoms with Crippen LogP contribution in [0.15, 0.2) is 59.3 Å². The maximum Gasteiger partial charge on any atom is 0.119 e. The van der Waals surface area contributed by atoms with E-state index in [-0.39, 0.29) is 6.10 Å². The van der Waals surface area contributed by atoms with Crippen molar-refractivity contribution in [3.8, 4) is 22.5 Å². The summed E-state index contributed by atoms with van der Waals surface area (Å²) in [5.74, 6) is 0. The summed E-state index contributed by atoms with van der Waals surface area (Å²) in [6, 6.07) is 14.2. The van der Waals surface area contributed by atoms with Crippen LogP contribution in [0.3, 0.4) is 0 Å². The molecule has 134 valence electrons. The lowest BCUT2D eigenvalue weighted by atomic mass is 9.96. The van der Waals surface area contributed by atoms with E-state index in [9.17, 15) is 0 Å². The van der Waals surface area contributed by atoms with E-state index in [0.717, 1.165) is 56.5 Å². The molecule has 0 saturated heterocycles. The third-order valence-electron chi connectivity index (χ3n) is 5.07. The van der Waals surface area contributed by atoms with E-state index < -0.39 is 0 Å². The van der Waals surface area contributed by atoms with Crippen LogP contribution < -0.4 is 0 Å². The Morgan fingerprint density at radius 1 is 1.11 bits per heavy atom. The molecule has 1 unspecified atom stereocenters. The van der Waals surface area contributed by atoms with Crippen molar-refractivity contribution in [2.45, 2.75) is 19.1 Å². The molecule has 1 aliphatic heterocycles. The molecular formula is C21H17BrN4O. The summed E-state index contributed by atoms with van der Waals surface area (Å²) >= 11 is 3.54. The van der Waals surface area contributed by atoms with Crippen molar-refractivity contribution in [1.82, 2.24) is 19.7 Å². The van der Waals surface area contributed by atoms with Crippen LogP contribution >= 0.6 is 15.9 Å². The van der Waals surface area contributed by atoms with Crippen LogP contribution in [0.1, 0.15) is 18.2 Å². The van der Waals surface area contributed by atoms with Gasteiger partial charge in [0.1, 0.15) is 11.8 Å². The normalized spacial score (nSPS) is 16.0. The Bertz CT molecular complexity index is 1140. The highest BCUT2D eigenvalue weighted by molar-refractivity contribution is 9.10. The minimum Gasteiger partial charge on any atom is -0.375 e. The predicted molar refractivity (Wildman–Crippen MR) is 108 cm³/mol. The number of aryl methyl sites for hydroxylation is 1. The van der Waals surface area contributed by atoms with Gasteiger partial charge in [0.15, 0.2) is 0 Å². The summed E-state index contributed by atoms with van der Waals surface area (Å²) in [4.78, 5) is 9.10. The Kier molecular flexibility index (Phi) is 4.02. The highest BCUT2D eigenvalue weighted by atomic mass is 79.9. The number of rotatable bonds is 3. The van der Waals surface area contributed by atoms with Crippen LogP contribution in [0.2, 0.25) is 0 Å². The van der Waals surface area contributed by atoms with Gasteiger partial charge in [0.25, 0.3) is 0 Å². The molecule has 4 aromatic rings. The Balaban J connectivity index is 1.84.